The Balaban J connectivity index is 2.21. The molecule has 0 atom stereocenters. The largest absolute Gasteiger partial charge is 0.345 e. The summed E-state index contributed by atoms with van der Waals surface area (Å²) in [4.78, 5) is 22.7. The average Bonchev–Trinajstić information content (AvgIpc) is 2.88. The predicted octanol–water partition coefficient (Wildman–Crippen LogP) is 3.18. The molecule has 0 aliphatic heterocycles. The van der Waals surface area contributed by atoms with Crippen molar-refractivity contribution in [2.75, 3.05) is 5.88 Å². The zero-order chi connectivity index (χ0) is 14.8. The van der Waals surface area contributed by atoms with E-state index in [1.54, 1.807) is 19.1 Å². The minimum Gasteiger partial charge on any atom is -0.345 e. The number of nitro benzene ring substituents is 1. The molecule has 1 amide bonds. The van der Waals surface area contributed by atoms with Crippen LogP contribution in [0.3, 0.4) is 0 Å². The van der Waals surface area contributed by atoms with Crippen molar-refractivity contribution in [2.45, 2.75) is 38.1 Å². The molecule has 0 saturated heterocycles. The van der Waals surface area contributed by atoms with Gasteiger partial charge in [0, 0.05) is 23.1 Å². The molecule has 1 aromatic rings. The number of aryl methyl sites for hydroxylation is 1. The highest BCUT2D eigenvalue weighted by Gasteiger charge is 2.34. The summed E-state index contributed by atoms with van der Waals surface area (Å²) in [6.45, 7) is 1.65. The summed E-state index contributed by atoms with van der Waals surface area (Å²) >= 11 is 5.98. The lowest BCUT2D eigenvalue weighted by Gasteiger charge is -2.27. The van der Waals surface area contributed by atoms with Crippen LogP contribution in [-0.2, 0) is 0 Å². The summed E-state index contributed by atoms with van der Waals surface area (Å²) in [6, 6.07) is 4.52. The highest BCUT2D eigenvalue weighted by molar-refractivity contribution is 6.19. The number of hydrogen-bond acceptors (Lipinski definition) is 3. The highest BCUT2D eigenvalue weighted by atomic mass is 35.5. The Morgan fingerprint density at radius 1 is 1.45 bits per heavy atom. The van der Waals surface area contributed by atoms with Gasteiger partial charge in [0.15, 0.2) is 0 Å². The van der Waals surface area contributed by atoms with Gasteiger partial charge in [0.1, 0.15) is 0 Å². The van der Waals surface area contributed by atoms with E-state index in [2.05, 4.69) is 5.32 Å². The zero-order valence-electron chi connectivity index (χ0n) is 11.3. The fraction of sp³-hybridized carbons (Fsp3) is 0.500. The van der Waals surface area contributed by atoms with Crippen LogP contribution in [0.5, 0.6) is 0 Å². The molecule has 6 heteroatoms. The van der Waals surface area contributed by atoms with Gasteiger partial charge in [-0.25, -0.2) is 0 Å². The molecule has 1 saturated carbocycles. The number of amides is 1. The molecular weight excluding hydrogens is 280 g/mol. The van der Waals surface area contributed by atoms with Crippen LogP contribution < -0.4 is 5.32 Å². The lowest BCUT2D eigenvalue weighted by molar-refractivity contribution is -0.385. The monoisotopic (exact) mass is 296 g/mol. The van der Waals surface area contributed by atoms with Crippen LogP contribution in [0.2, 0.25) is 0 Å². The molecule has 0 heterocycles. The van der Waals surface area contributed by atoms with Crippen molar-refractivity contribution < 1.29 is 9.72 Å². The van der Waals surface area contributed by atoms with Crippen molar-refractivity contribution in [3.8, 4) is 0 Å². The Morgan fingerprint density at radius 3 is 2.65 bits per heavy atom. The number of hydrogen-bond donors (Lipinski definition) is 1. The standard InChI is InChI=1S/C14H17ClN2O3/c1-10-4-5-11(8-12(10)17(19)20)13(18)16-14(9-15)6-2-3-7-14/h4-5,8H,2-3,6-7,9H2,1H3,(H,16,18). The fourth-order valence-corrected chi connectivity index (χ4v) is 2.94. The summed E-state index contributed by atoms with van der Waals surface area (Å²) in [5.74, 6) is 0.0721. The average molecular weight is 297 g/mol. The maximum absolute atomic E-state index is 12.3. The lowest BCUT2D eigenvalue weighted by Crippen LogP contribution is -2.47. The third-order valence-corrected chi connectivity index (χ3v) is 4.37. The number of rotatable bonds is 4. The van der Waals surface area contributed by atoms with Crippen molar-refractivity contribution in [1.82, 2.24) is 5.32 Å². The minimum absolute atomic E-state index is 0.0380. The molecule has 1 aliphatic rings. The van der Waals surface area contributed by atoms with Gasteiger partial charge >= 0.3 is 0 Å². The maximum atomic E-state index is 12.3. The van der Waals surface area contributed by atoms with Gasteiger partial charge in [0.25, 0.3) is 11.6 Å². The van der Waals surface area contributed by atoms with E-state index in [9.17, 15) is 14.9 Å². The molecule has 0 unspecified atom stereocenters. The first-order valence-electron chi connectivity index (χ1n) is 6.61. The van der Waals surface area contributed by atoms with Gasteiger partial charge in [-0.15, -0.1) is 11.6 Å². The fourth-order valence-electron chi connectivity index (χ4n) is 2.60. The second-order valence-corrected chi connectivity index (χ2v) is 5.60. The van der Waals surface area contributed by atoms with Gasteiger partial charge in [0.2, 0.25) is 0 Å². The third kappa shape index (κ3) is 2.93. The predicted molar refractivity (Wildman–Crippen MR) is 77.2 cm³/mol. The van der Waals surface area contributed by atoms with Crippen LogP contribution in [0.15, 0.2) is 18.2 Å². The lowest BCUT2D eigenvalue weighted by atomic mass is 9.99. The van der Waals surface area contributed by atoms with Gasteiger partial charge in [-0.3, -0.25) is 14.9 Å². The second-order valence-electron chi connectivity index (χ2n) is 5.33. The smallest absolute Gasteiger partial charge is 0.273 e. The van der Waals surface area contributed by atoms with Crippen molar-refractivity contribution in [3.05, 3.63) is 39.4 Å². The van der Waals surface area contributed by atoms with Gasteiger partial charge in [-0.2, -0.15) is 0 Å². The molecule has 5 nitrogen and oxygen atoms in total. The molecule has 20 heavy (non-hydrogen) atoms. The van der Waals surface area contributed by atoms with Crippen molar-refractivity contribution in [1.29, 1.82) is 0 Å². The van der Waals surface area contributed by atoms with E-state index in [1.165, 1.54) is 6.07 Å². The van der Waals surface area contributed by atoms with Crippen LogP contribution >= 0.6 is 11.6 Å². The van der Waals surface area contributed by atoms with Crippen LogP contribution in [-0.4, -0.2) is 22.2 Å². The Bertz CT molecular complexity index is 539. The first kappa shape index (κ1) is 14.8. The quantitative estimate of drug-likeness (QED) is 0.527. The zero-order valence-corrected chi connectivity index (χ0v) is 12.1. The van der Waals surface area contributed by atoms with Crippen molar-refractivity contribution in [3.63, 3.8) is 0 Å². The topological polar surface area (TPSA) is 72.2 Å². The van der Waals surface area contributed by atoms with E-state index in [-0.39, 0.29) is 17.1 Å². The first-order chi connectivity index (χ1) is 9.47. The number of alkyl halides is 1. The van der Waals surface area contributed by atoms with Crippen LogP contribution in [0.1, 0.15) is 41.6 Å². The van der Waals surface area contributed by atoms with E-state index in [1.807, 2.05) is 0 Å². The molecule has 0 aromatic heterocycles. The molecular formula is C14H17ClN2O3. The molecule has 0 radical (unpaired) electrons. The number of benzene rings is 1. The molecule has 108 valence electrons. The number of carbonyl (C=O) groups is 1. The number of halogens is 1. The summed E-state index contributed by atoms with van der Waals surface area (Å²) < 4.78 is 0. The maximum Gasteiger partial charge on any atom is 0.273 e. The van der Waals surface area contributed by atoms with Gasteiger partial charge < -0.3 is 5.32 Å². The Labute approximate surface area is 122 Å². The highest BCUT2D eigenvalue weighted by Crippen LogP contribution is 2.31. The van der Waals surface area contributed by atoms with E-state index < -0.39 is 4.92 Å². The van der Waals surface area contributed by atoms with E-state index in [0.717, 1.165) is 25.7 Å². The van der Waals surface area contributed by atoms with Crippen molar-refractivity contribution in [2.24, 2.45) is 0 Å². The third-order valence-electron chi connectivity index (χ3n) is 3.86. The van der Waals surface area contributed by atoms with E-state index in [0.29, 0.717) is 17.0 Å². The van der Waals surface area contributed by atoms with Crippen LogP contribution in [0, 0.1) is 17.0 Å². The minimum atomic E-state index is -0.473. The molecule has 0 spiro atoms. The van der Waals surface area contributed by atoms with E-state index >= 15 is 0 Å². The first-order valence-corrected chi connectivity index (χ1v) is 7.14. The Kier molecular flexibility index (Phi) is 4.28. The number of carbonyl (C=O) groups excluding carboxylic acids is 1. The van der Waals surface area contributed by atoms with Crippen LogP contribution in [0.25, 0.3) is 0 Å². The van der Waals surface area contributed by atoms with E-state index in [4.69, 9.17) is 11.6 Å². The molecule has 1 aliphatic carbocycles. The number of nitro groups is 1. The summed E-state index contributed by atoms with van der Waals surface area (Å²) in [6.07, 6.45) is 3.80. The normalized spacial score (nSPS) is 16.9. The summed E-state index contributed by atoms with van der Waals surface area (Å²) in [7, 11) is 0. The molecule has 2 rings (SSSR count). The molecule has 1 N–H and O–H groups in total. The molecule has 0 bridgehead atoms. The summed E-state index contributed by atoms with van der Waals surface area (Å²) in [5.41, 5.74) is 0.445. The molecule has 1 fully saturated rings. The summed E-state index contributed by atoms with van der Waals surface area (Å²) in [5, 5.41) is 13.9. The van der Waals surface area contributed by atoms with Crippen LogP contribution in [0.4, 0.5) is 5.69 Å². The number of nitrogens with zero attached hydrogens (tertiary/aromatic N) is 1. The van der Waals surface area contributed by atoms with Gasteiger partial charge in [-0.05, 0) is 25.8 Å². The van der Waals surface area contributed by atoms with Gasteiger partial charge in [-0.1, -0.05) is 18.9 Å². The Morgan fingerprint density at radius 2 is 2.10 bits per heavy atom. The van der Waals surface area contributed by atoms with Gasteiger partial charge in [0.05, 0.1) is 10.5 Å². The molecule has 1 aromatic carbocycles. The Hall–Kier alpha value is -1.62. The second kappa shape index (κ2) is 5.79. The number of nitrogens with one attached hydrogen (secondary N) is 1. The SMILES string of the molecule is Cc1ccc(C(=O)NC2(CCl)CCCC2)cc1[N+](=O)[O-]. The van der Waals surface area contributed by atoms with Crippen molar-refractivity contribution >= 4 is 23.2 Å².